The molecule has 0 aromatic rings. The zero-order valence-corrected chi connectivity index (χ0v) is 18.3. The number of hydrogen-bond acceptors (Lipinski definition) is 4. The van der Waals surface area contributed by atoms with Crippen LogP contribution in [-0.2, 0) is 0 Å². The molecule has 9 atom stereocenters. The molecule has 6 saturated carbocycles. The van der Waals surface area contributed by atoms with Gasteiger partial charge in [-0.15, -0.1) is 0 Å². The molecule has 4 nitrogen and oxygen atoms in total. The van der Waals surface area contributed by atoms with Gasteiger partial charge in [0.2, 0.25) is 0 Å². The first kappa shape index (κ1) is 19.3. The average molecular weight is 401 g/mol. The number of hydrogen-bond donors (Lipinski definition) is 4. The maximum atomic E-state index is 12.3. The fourth-order valence-corrected chi connectivity index (χ4v) is 10.5. The molecule has 162 valence electrons. The topological polar surface area (TPSA) is 64.5 Å². The van der Waals surface area contributed by atoms with Crippen LogP contribution in [0.2, 0.25) is 0 Å². The first-order valence-corrected chi connectivity index (χ1v) is 12.3. The lowest BCUT2D eigenvalue weighted by molar-refractivity contribution is -0.314. The van der Waals surface area contributed by atoms with Crippen molar-refractivity contribution in [1.82, 2.24) is 10.6 Å². The minimum atomic E-state index is -0.598. The summed E-state index contributed by atoms with van der Waals surface area (Å²) in [5.74, 6) is 1.13. The minimum Gasteiger partial charge on any atom is -0.392 e. The second-order valence-electron chi connectivity index (χ2n) is 12.2. The highest BCUT2D eigenvalue weighted by atomic mass is 16.3. The monoisotopic (exact) mass is 400 g/mol. The average Bonchev–Trinajstić information content (AvgIpc) is 2.97. The van der Waals surface area contributed by atoms with E-state index in [0.29, 0.717) is 17.9 Å². The van der Waals surface area contributed by atoms with E-state index >= 15 is 0 Å². The third kappa shape index (κ3) is 2.02. The zero-order valence-electron chi connectivity index (χ0n) is 18.3. The zero-order chi connectivity index (χ0) is 20.1. The van der Waals surface area contributed by atoms with Gasteiger partial charge in [0.15, 0.2) is 0 Å². The van der Waals surface area contributed by atoms with E-state index in [4.69, 9.17) is 0 Å². The number of fused-ring (bicyclic) bond motifs is 2. The van der Waals surface area contributed by atoms with Crippen LogP contribution in [-0.4, -0.2) is 48.1 Å². The molecule has 4 heteroatoms. The molecule has 4 N–H and O–H groups in total. The molecule has 0 heterocycles. The van der Waals surface area contributed by atoms with Crippen LogP contribution in [0, 0.1) is 33.5 Å². The Labute approximate surface area is 175 Å². The Morgan fingerprint density at radius 3 is 2.76 bits per heavy atom. The molecular weight excluding hydrogens is 360 g/mol. The summed E-state index contributed by atoms with van der Waals surface area (Å²) in [5, 5.41) is 31.5. The summed E-state index contributed by atoms with van der Waals surface area (Å²) >= 11 is 0. The van der Waals surface area contributed by atoms with Crippen LogP contribution in [0.5, 0.6) is 0 Å². The van der Waals surface area contributed by atoms with Gasteiger partial charge in [-0.2, -0.15) is 0 Å². The molecule has 0 amide bonds. The highest BCUT2D eigenvalue weighted by Gasteiger charge is 2.86. The molecule has 0 aliphatic heterocycles. The van der Waals surface area contributed by atoms with E-state index in [0.717, 1.165) is 58.0 Å². The normalized spacial score (nSPS) is 59.4. The van der Waals surface area contributed by atoms with Crippen molar-refractivity contribution in [2.75, 3.05) is 20.1 Å². The number of rotatable bonds is 4. The Hall–Kier alpha value is -0.420. The Kier molecular flexibility index (Phi) is 3.91. The van der Waals surface area contributed by atoms with Crippen molar-refractivity contribution in [3.63, 3.8) is 0 Å². The van der Waals surface area contributed by atoms with Crippen molar-refractivity contribution < 1.29 is 10.2 Å². The van der Waals surface area contributed by atoms with Crippen molar-refractivity contribution >= 4 is 0 Å². The van der Waals surface area contributed by atoms with Crippen LogP contribution in [0.15, 0.2) is 12.2 Å². The maximum Gasteiger partial charge on any atom is 0.0718 e. The molecule has 6 bridgehead atoms. The quantitative estimate of drug-likeness (QED) is 0.433. The first-order valence-electron chi connectivity index (χ1n) is 12.3. The molecule has 9 unspecified atom stereocenters. The molecule has 8 rings (SSSR count). The molecule has 0 aromatic carbocycles. The van der Waals surface area contributed by atoms with E-state index in [1.54, 1.807) is 0 Å². The highest BCUT2D eigenvalue weighted by molar-refractivity contribution is 5.42. The minimum absolute atomic E-state index is 0.0936. The van der Waals surface area contributed by atoms with Gasteiger partial charge in [0.25, 0.3) is 0 Å². The Morgan fingerprint density at radius 1 is 1.07 bits per heavy atom. The summed E-state index contributed by atoms with van der Waals surface area (Å²) in [6.07, 6.45) is 15.7. The molecule has 0 radical (unpaired) electrons. The Balaban J connectivity index is 1.50. The van der Waals surface area contributed by atoms with Crippen LogP contribution < -0.4 is 10.6 Å². The van der Waals surface area contributed by atoms with E-state index in [9.17, 15) is 10.2 Å². The molecule has 29 heavy (non-hydrogen) atoms. The van der Waals surface area contributed by atoms with Crippen LogP contribution in [0.25, 0.3) is 0 Å². The summed E-state index contributed by atoms with van der Waals surface area (Å²) in [6, 6.07) is 0.499. The van der Waals surface area contributed by atoms with Gasteiger partial charge in [0.05, 0.1) is 11.7 Å². The van der Waals surface area contributed by atoms with Crippen LogP contribution in [0.1, 0.15) is 71.1 Å². The van der Waals surface area contributed by atoms with Crippen LogP contribution >= 0.6 is 0 Å². The van der Waals surface area contributed by atoms with Crippen molar-refractivity contribution in [2.24, 2.45) is 33.5 Å². The standard InChI is InChI=1S/C25H40N2O2/c1-21-7-4-9-24(29,15-21)23-13-17-6-10-25(23,19(28)14-21)22(16-23)8-3-5-18(22)20(17)27-12-11-26-2/h6,10,17-20,26-29H,3-5,7-9,11-16H2,1-2H3. The van der Waals surface area contributed by atoms with Gasteiger partial charge < -0.3 is 20.8 Å². The number of aliphatic hydroxyl groups excluding tert-OH is 1. The van der Waals surface area contributed by atoms with Gasteiger partial charge >= 0.3 is 0 Å². The Bertz CT molecular complexity index is 740. The van der Waals surface area contributed by atoms with Gasteiger partial charge in [0.1, 0.15) is 0 Å². The molecule has 8 aliphatic carbocycles. The molecule has 0 aromatic heterocycles. The fourth-order valence-electron chi connectivity index (χ4n) is 10.5. The van der Waals surface area contributed by atoms with E-state index < -0.39 is 5.60 Å². The van der Waals surface area contributed by atoms with Crippen molar-refractivity contribution in [3.05, 3.63) is 12.2 Å². The van der Waals surface area contributed by atoms with Crippen LogP contribution in [0.3, 0.4) is 0 Å². The van der Waals surface area contributed by atoms with Gasteiger partial charge in [0, 0.05) is 30.0 Å². The first-order chi connectivity index (χ1) is 13.9. The summed E-state index contributed by atoms with van der Waals surface area (Å²) < 4.78 is 0. The van der Waals surface area contributed by atoms with Crippen molar-refractivity contribution in [1.29, 1.82) is 0 Å². The maximum absolute atomic E-state index is 12.3. The third-order valence-corrected chi connectivity index (χ3v) is 11.1. The lowest BCUT2D eigenvalue weighted by atomic mass is 9.28. The lowest BCUT2D eigenvalue weighted by Gasteiger charge is -2.76. The van der Waals surface area contributed by atoms with Crippen molar-refractivity contribution in [3.8, 4) is 0 Å². The Morgan fingerprint density at radius 2 is 1.93 bits per heavy atom. The number of aliphatic hydroxyl groups is 2. The molecule has 8 aliphatic rings. The van der Waals surface area contributed by atoms with Crippen molar-refractivity contribution in [2.45, 2.75) is 88.9 Å². The molecular formula is C25H40N2O2. The second-order valence-corrected chi connectivity index (χ2v) is 12.2. The van der Waals surface area contributed by atoms with Gasteiger partial charge in [-0.25, -0.2) is 0 Å². The van der Waals surface area contributed by atoms with E-state index in [2.05, 4.69) is 29.7 Å². The predicted molar refractivity (Wildman–Crippen MR) is 114 cm³/mol. The smallest absolute Gasteiger partial charge is 0.0718 e. The van der Waals surface area contributed by atoms with Gasteiger partial charge in [-0.1, -0.05) is 31.9 Å². The highest BCUT2D eigenvalue weighted by Crippen LogP contribution is 2.87. The molecule has 6 fully saturated rings. The lowest BCUT2D eigenvalue weighted by Crippen LogP contribution is -2.76. The summed E-state index contributed by atoms with van der Waals surface area (Å²) in [4.78, 5) is 0. The summed E-state index contributed by atoms with van der Waals surface area (Å²) in [7, 11) is 2.02. The van der Waals surface area contributed by atoms with Crippen LogP contribution in [0.4, 0.5) is 0 Å². The van der Waals surface area contributed by atoms with E-state index in [1.165, 1.54) is 19.3 Å². The molecule has 0 saturated heterocycles. The SMILES string of the molecule is CNCCNC1C2C=CC34C(O)CC5(C)CCCC(O)(C5)C3(C2)CC42CCCC12. The summed E-state index contributed by atoms with van der Waals surface area (Å²) in [6.45, 7) is 4.34. The fraction of sp³-hybridized carbons (Fsp3) is 0.920. The summed E-state index contributed by atoms with van der Waals surface area (Å²) in [5.41, 5.74) is -0.628. The number of nitrogens with one attached hydrogen (secondary N) is 2. The van der Waals surface area contributed by atoms with E-state index in [1.807, 2.05) is 7.05 Å². The van der Waals surface area contributed by atoms with E-state index in [-0.39, 0.29) is 27.8 Å². The molecule has 3 spiro atoms. The third-order valence-electron chi connectivity index (χ3n) is 11.1. The second kappa shape index (κ2) is 5.88. The van der Waals surface area contributed by atoms with Gasteiger partial charge in [-0.05, 0) is 81.1 Å². The van der Waals surface area contributed by atoms with Gasteiger partial charge in [-0.3, -0.25) is 0 Å². The largest absolute Gasteiger partial charge is 0.392 e. The predicted octanol–water partition coefficient (Wildman–Crippen LogP) is 2.99. The number of likely N-dealkylation sites (N-methyl/N-ethyl adjacent to an activating group) is 1.